The van der Waals surface area contributed by atoms with E-state index in [1.54, 1.807) is 0 Å². The summed E-state index contributed by atoms with van der Waals surface area (Å²) in [5.74, 6) is -0.484. The molecular weight excluding hydrogens is 258 g/mol. The second-order valence-corrected chi connectivity index (χ2v) is 4.88. The van der Waals surface area contributed by atoms with Crippen LogP contribution < -0.4 is 0 Å². The third-order valence-electron chi connectivity index (χ3n) is 2.92. The average molecular weight is 269 g/mol. The van der Waals surface area contributed by atoms with Gasteiger partial charge in [-0.3, -0.25) is 0 Å². The second-order valence-electron chi connectivity index (χ2n) is 3.90. The number of aliphatic hydroxyl groups excluding tert-OH is 1. The third kappa shape index (κ3) is 2.08. The summed E-state index contributed by atoms with van der Waals surface area (Å²) in [7, 11) is -2.84. The number of nitrogens with zero attached hydrogens (tertiary/aromatic N) is 1. The van der Waals surface area contributed by atoms with Gasteiger partial charge in [0, 0.05) is 0 Å². The van der Waals surface area contributed by atoms with Crippen LogP contribution in [0.1, 0.15) is 0 Å². The summed E-state index contributed by atoms with van der Waals surface area (Å²) >= 11 is 0. The summed E-state index contributed by atoms with van der Waals surface area (Å²) < 4.78 is 32.0. The fourth-order valence-electron chi connectivity index (χ4n) is 2.26. The quantitative estimate of drug-likeness (QED) is 0.331. The van der Waals surface area contributed by atoms with Gasteiger partial charge in [0.15, 0.2) is 6.10 Å². The molecule has 2 aliphatic rings. The summed E-state index contributed by atoms with van der Waals surface area (Å²) in [6, 6.07) is 0. The number of ether oxygens (including phenoxy) is 2. The van der Waals surface area contributed by atoms with E-state index in [4.69, 9.17) is 9.47 Å². The number of hydrogen-bond donors (Lipinski definition) is 2. The number of aliphatic hydroxyl groups is 1. The van der Waals surface area contributed by atoms with Gasteiger partial charge < -0.3 is 19.4 Å². The molecule has 0 spiro atoms. The van der Waals surface area contributed by atoms with E-state index in [1.807, 2.05) is 0 Å². The van der Waals surface area contributed by atoms with Gasteiger partial charge in [0.05, 0.1) is 19.0 Å². The zero-order valence-electron chi connectivity index (χ0n) is 8.55. The highest BCUT2D eigenvalue weighted by Crippen LogP contribution is 2.39. The molecule has 2 heterocycles. The molecule has 0 aliphatic carbocycles. The van der Waals surface area contributed by atoms with E-state index >= 15 is 0 Å². The molecule has 2 saturated heterocycles. The van der Waals surface area contributed by atoms with Crippen molar-refractivity contribution in [3.8, 4) is 0 Å². The van der Waals surface area contributed by atoms with Crippen LogP contribution in [-0.4, -0.2) is 61.5 Å². The predicted octanol–water partition coefficient (Wildman–Crippen LogP) is -2.30. The van der Waals surface area contributed by atoms with Gasteiger partial charge in [-0.15, -0.1) is 10.1 Å². The van der Waals surface area contributed by atoms with Gasteiger partial charge >= 0.3 is 0 Å². The molecule has 4 atom stereocenters. The van der Waals surface area contributed by atoms with Gasteiger partial charge in [-0.2, -0.15) is 0 Å². The highest BCUT2D eigenvalue weighted by Gasteiger charge is 2.61. The van der Waals surface area contributed by atoms with Crippen molar-refractivity contribution in [2.24, 2.45) is 0 Å². The lowest BCUT2D eigenvalue weighted by molar-refractivity contribution is -0.771. The van der Waals surface area contributed by atoms with Crippen LogP contribution in [0.25, 0.3) is 0 Å². The third-order valence-corrected chi connectivity index (χ3v) is 3.67. The number of hydrogen-bond acceptors (Lipinski definition) is 8. The van der Waals surface area contributed by atoms with Gasteiger partial charge in [-0.1, -0.05) is 0 Å². The van der Waals surface area contributed by atoms with Gasteiger partial charge in [0.1, 0.15) is 28.5 Å². The van der Waals surface area contributed by atoms with Crippen molar-refractivity contribution in [2.75, 3.05) is 19.0 Å². The van der Waals surface area contributed by atoms with Gasteiger partial charge in [0.2, 0.25) is 0 Å². The van der Waals surface area contributed by atoms with Crippen molar-refractivity contribution < 1.29 is 32.9 Å². The monoisotopic (exact) mass is 269 g/mol. The molecule has 0 aromatic carbocycles. The summed E-state index contributed by atoms with van der Waals surface area (Å²) in [4.78, 5) is 14.7. The minimum atomic E-state index is -2.84. The Hall–Kier alpha value is -0.970. The van der Waals surface area contributed by atoms with E-state index in [9.17, 15) is 23.6 Å². The van der Waals surface area contributed by atoms with Gasteiger partial charge in [-0.05, 0) is 0 Å². The molecule has 0 saturated carbocycles. The molecular formula is C7H11NO8S. The normalized spacial score (nSPS) is 40.5. The van der Waals surface area contributed by atoms with Crippen LogP contribution in [0.2, 0.25) is 0 Å². The Balaban J connectivity index is 2.26. The van der Waals surface area contributed by atoms with Crippen molar-refractivity contribution in [1.29, 1.82) is 0 Å². The number of rotatable bonds is 4. The first-order valence-electron chi connectivity index (χ1n) is 4.82. The molecule has 0 unspecified atom stereocenters. The molecule has 1 N–H and O–H groups in total. The summed E-state index contributed by atoms with van der Waals surface area (Å²) in [5, 5.41) is 18.8. The van der Waals surface area contributed by atoms with Crippen LogP contribution in [0, 0.1) is 10.1 Å². The van der Waals surface area contributed by atoms with Crippen LogP contribution in [0.15, 0.2) is 0 Å². The zero-order chi connectivity index (χ0) is 12.6. The minimum absolute atomic E-state index is 0.134. The van der Waals surface area contributed by atoms with Crippen LogP contribution in [0.3, 0.4) is 0 Å². The first kappa shape index (κ1) is 12.5. The van der Waals surface area contributed by atoms with Crippen LogP contribution in [-0.2, 0) is 25.0 Å². The Bertz CT molecular complexity index is 389. The fourth-order valence-corrected chi connectivity index (χ4v) is 3.14. The molecule has 0 aromatic rings. The second kappa shape index (κ2) is 4.37. The van der Waals surface area contributed by atoms with E-state index in [1.165, 1.54) is 0 Å². The van der Waals surface area contributed by atoms with Gasteiger partial charge in [0.25, 0.3) is 5.09 Å². The van der Waals surface area contributed by atoms with Crippen LogP contribution >= 0.6 is 0 Å². The first-order valence-corrected chi connectivity index (χ1v) is 6.18. The lowest BCUT2D eigenvalue weighted by Gasteiger charge is -2.28. The molecule has 2 rings (SSSR count). The van der Waals surface area contributed by atoms with E-state index in [2.05, 4.69) is 4.84 Å². The molecule has 0 bridgehead atoms. The minimum Gasteiger partial charge on any atom is -0.388 e. The number of thiol groups is 1. The molecule has 10 heteroatoms. The summed E-state index contributed by atoms with van der Waals surface area (Å²) in [6.45, 7) is -0.322. The smallest absolute Gasteiger partial charge is 0.294 e. The molecule has 0 radical (unpaired) electrons. The van der Waals surface area contributed by atoms with Crippen molar-refractivity contribution in [1.82, 2.24) is 0 Å². The predicted molar refractivity (Wildman–Crippen MR) is 51.5 cm³/mol. The van der Waals surface area contributed by atoms with E-state index in [-0.39, 0.29) is 13.2 Å². The fraction of sp³-hybridized carbons (Fsp3) is 1.00. The van der Waals surface area contributed by atoms with E-state index in [0.717, 1.165) is 0 Å². The molecule has 2 aliphatic heterocycles. The molecule has 98 valence electrons. The van der Waals surface area contributed by atoms with Crippen LogP contribution in [0.5, 0.6) is 0 Å². The maximum absolute atomic E-state index is 10.8. The molecule has 9 nitrogen and oxygen atoms in total. The lowest BCUT2D eigenvalue weighted by atomic mass is 9.94. The van der Waals surface area contributed by atoms with E-state index < -0.39 is 45.5 Å². The zero-order valence-corrected chi connectivity index (χ0v) is 9.45. The van der Waals surface area contributed by atoms with E-state index in [0.29, 0.717) is 0 Å². The topological polar surface area (TPSA) is 125 Å². The Morgan fingerprint density at radius 1 is 1.53 bits per heavy atom. The highest BCUT2D eigenvalue weighted by molar-refractivity contribution is 7.72. The van der Waals surface area contributed by atoms with Crippen molar-refractivity contribution in [3.05, 3.63) is 10.1 Å². The maximum atomic E-state index is 10.8. The SMILES string of the molecule is O=[N+]([O-])O[C@H]1CO[C@@H]2[C@H](O)CO[C@]12C[SH](=O)=O. The summed E-state index contributed by atoms with van der Waals surface area (Å²) in [6.07, 6.45) is -3.07. The molecule has 2 fully saturated rings. The van der Waals surface area contributed by atoms with Crippen molar-refractivity contribution in [2.45, 2.75) is 23.9 Å². The Morgan fingerprint density at radius 3 is 2.82 bits per heavy atom. The van der Waals surface area contributed by atoms with Crippen LogP contribution in [0.4, 0.5) is 0 Å². The first-order chi connectivity index (χ1) is 7.95. The molecule has 0 amide bonds. The van der Waals surface area contributed by atoms with Gasteiger partial charge in [-0.25, -0.2) is 8.42 Å². The molecule has 17 heavy (non-hydrogen) atoms. The largest absolute Gasteiger partial charge is 0.388 e. The standard InChI is InChI=1S/C7H11NO8S/c9-4-1-15-7(3-17(12)13)5(16-8(10)11)2-14-6(4)7/h4-6,9,17H,1-3H2/t4-,5+,6-,7-/m1/s1. The van der Waals surface area contributed by atoms with Crippen molar-refractivity contribution in [3.63, 3.8) is 0 Å². The summed E-state index contributed by atoms with van der Waals surface area (Å²) in [5.41, 5.74) is -1.48. The highest BCUT2D eigenvalue weighted by atomic mass is 32.2. The Labute approximate surface area is 97.3 Å². The number of fused-ring (bicyclic) bond motifs is 1. The average Bonchev–Trinajstić information content (AvgIpc) is 2.67. The molecule has 0 aromatic heterocycles. The Morgan fingerprint density at radius 2 is 2.24 bits per heavy atom. The Kier molecular flexibility index (Phi) is 3.21. The lowest BCUT2D eigenvalue weighted by Crippen LogP contribution is -2.52. The van der Waals surface area contributed by atoms with Crippen molar-refractivity contribution >= 4 is 10.7 Å². The maximum Gasteiger partial charge on any atom is 0.294 e.